The Labute approximate surface area is 138 Å². The van der Waals surface area contributed by atoms with Gasteiger partial charge in [-0.25, -0.2) is 5.57 Å². The topological polar surface area (TPSA) is 0 Å². The van der Waals surface area contributed by atoms with Crippen LogP contribution in [-0.4, -0.2) is 3.21 Å². The number of allylic oxidation sites excluding steroid dienone is 8. The van der Waals surface area contributed by atoms with Crippen molar-refractivity contribution in [3.05, 3.63) is 46.6 Å². The minimum Gasteiger partial charge on any atom is -0.147 e. The molecule has 3 heteroatoms. The summed E-state index contributed by atoms with van der Waals surface area (Å²) in [5.74, 6) is 0. The Bertz CT molecular complexity index is 408. The van der Waals surface area contributed by atoms with E-state index in [9.17, 15) is 0 Å². The third-order valence-corrected chi connectivity index (χ3v) is 2.70. The molecule has 2 aliphatic rings. The summed E-state index contributed by atoms with van der Waals surface area (Å²) in [6.07, 6.45) is 12.1. The van der Waals surface area contributed by atoms with Gasteiger partial charge in [0, 0.05) is 0 Å². The van der Waals surface area contributed by atoms with Crippen LogP contribution in [0, 0.1) is 6.08 Å². The van der Waals surface area contributed by atoms with Crippen LogP contribution in [0.25, 0.3) is 0 Å². The van der Waals surface area contributed by atoms with Crippen molar-refractivity contribution in [1.29, 1.82) is 0 Å². The van der Waals surface area contributed by atoms with Crippen LogP contribution in [0.5, 0.6) is 0 Å². The summed E-state index contributed by atoms with van der Waals surface area (Å²) in [5, 5.41) is 0. The average molecular weight is 363 g/mol. The van der Waals surface area contributed by atoms with E-state index < -0.39 is 0 Å². The predicted molar refractivity (Wildman–Crippen MR) is 82.4 cm³/mol. The Balaban J connectivity index is 0. The van der Waals surface area contributed by atoms with E-state index >= 15 is 0 Å². The van der Waals surface area contributed by atoms with Gasteiger partial charge in [-0.15, -0.1) is 43.7 Å². The summed E-state index contributed by atoms with van der Waals surface area (Å²) in [4.78, 5) is 0. The molecule has 0 N–H and O–H groups in total. The summed E-state index contributed by atoms with van der Waals surface area (Å²) in [6, 6.07) is 0. The average Bonchev–Trinajstić information content (AvgIpc) is 2.77. The van der Waals surface area contributed by atoms with Gasteiger partial charge in [0.05, 0.1) is 0 Å². The van der Waals surface area contributed by atoms with Crippen molar-refractivity contribution in [3.8, 4) is 0 Å². The van der Waals surface area contributed by atoms with Gasteiger partial charge >= 0.3 is 41.3 Å². The summed E-state index contributed by atoms with van der Waals surface area (Å²) in [6.45, 7) is 8.59. The van der Waals surface area contributed by atoms with Gasteiger partial charge < -0.3 is 0 Å². The third kappa shape index (κ3) is 6.46. The zero-order valence-corrected chi connectivity index (χ0v) is 15.6. The molecule has 0 bridgehead atoms. The Morgan fingerprint density at radius 3 is 2.11 bits per heavy atom. The first-order chi connectivity index (χ1) is 7.52. The monoisotopic (exact) mass is 361 g/mol. The molecular weight excluding hydrogens is 342 g/mol. The van der Waals surface area contributed by atoms with Gasteiger partial charge in [0.15, 0.2) is 0 Å². The second-order valence-electron chi connectivity index (χ2n) is 4.41. The van der Waals surface area contributed by atoms with E-state index in [1.54, 1.807) is 24.2 Å². The molecule has 0 saturated heterocycles. The molecule has 0 nitrogen and oxygen atoms in total. The second-order valence-corrected chi connectivity index (χ2v) is 6.86. The van der Waals surface area contributed by atoms with Gasteiger partial charge in [-0.05, 0) is 6.42 Å². The summed E-state index contributed by atoms with van der Waals surface area (Å²) < 4.78 is 1.51. The van der Waals surface area contributed by atoms with E-state index in [1.165, 1.54) is 25.5 Å². The maximum Gasteiger partial charge on any atom is -0.147 e. The quantitative estimate of drug-likeness (QED) is 0.580. The molecular formula is C15H21Cl2Zr-. The predicted octanol–water partition coefficient (Wildman–Crippen LogP) is 4.93. The Hall–Kier alpha value is 0.293. The van der Waals surface area contributed by atoms with E-state index in [4.69, 9.17) is 0 Å². The van der Waals surface area contributed by atoms with Gasteiger partial charge in [-0.3, -0.25) is 6.08 Å². The zero-order chi connectivity index (χ0) is 12.1. The molecule has 0 unspecified atom stereocenters. The van der Waals surface area contributed by atoms with Gasteiger partial charge in [0.25, 0.3) is 0 Å². The number of halogens is 2. The van der Waals surface area contributed by atoms with Crippen molar-refractivity contribution in [3.63, 3.8) is 0 Å². The van der Waals surface area contributed by atoms with Crippen molar-refractivity contribution < 1.29 is 24.2 Å². The van der Waals surface area contributed by atoms with Gasteiger partial charge in [0.1, 0.15) is 0 Å². The number of rotatable bonds is 1. The van der Waals surface area contributed by atoms with Crippen molar-refractivity contribution in [2.45, 2.75) is 40.5 Å². The molecule has 0 fully saturated rings. The van der Waals surface area contributed by atoms with Crippen molar-refractivity contribution in [2.24, 2.45) is 0 Å². The van der Waals surface area contributed by atoms with Crippen LogP contribution >= 0.6 is 24.8 Å². The van der Waals surface area contributed by atoms with Gasteiger partial charge in [-0.1, -0.05) is 30.7 Å². The van der Waals surface area contributed by atoms with E-state index in [0.717, 1.165) is 12.8 Å². The Morgan fingerprint density at radius 1 is 1.22 bits per heavy atom. The van der Waals surface area contributed by atoms with Gasteiger partial charge in [-0.2, -0.15) is 5.57 Å². The molecule has 0 heterocycles. The van der Waals surface area contributed by atoms with Crippen LogP contribution in [-0.2, 0) is 24.2 Å². The fourth-order valence-electron chi connectivity index (χ4n) is 1.74. The standard InChI is InChI=1S/C12H13.C3H6.2ClH.Zr/c1-9-7-8-12(10(9)2)11-5-3-4-6-11;1-3-2;;;/h3-5H,6,8H2,1-2H3;1-2H3;2*1H;/q-1;;;;. The van der Waals surface area contributed by atoms with Crippen molar-refractivity contribution >= 4 is 28.0 Å². The van der Waals surface area contributed by atoms with E-state index in [2.05, 4.69) is 52.0 Å². The number of hydrogen-bond donors (Lipinski definition) is 0. The molecule has 0 radical (unpaired) electrons. The molecule has 0 aromatic carbocycles. The molecule has 0 aromatic rings. The first kappa shape index (κ1) is 20.6. The van der Waals surface area contributed by atoms with Crippen LogP contribution in [0.2, 0.25) is 0 Å². The summed E-state index contributed by atoms with van der Waals surface area (Å²) in [7, 11) is 0. The molecule has 0 aliphatic heterocycles. The van der Waals surface area contributed by atoms with E-state index in [-0.39, 0.29) is 24.8 Å². The molecule has 18 heavy (non-hydrogen) atoms. The maximum atomic E-state index is 3.37. The Kier molecular flexibility index (Phi) is 11.6. The van der Waals surface area contributed by atoms with Crippen LogP contribution < -0.4 is 0 Å². The molecule has 100 valence electrons. The van der Waals surface area contributed by atoms with Gasteiger partial charge in [0.2, 0.25) is 0 Å². The Morgan fingerprint density at radius 2 is 1.78 bits per heavy atom. The normalized spacial score (nSPS) is 15.9. The number of hydrogen-bond acceptors (Lipinski definition) is 0. The molecule has 2 aliphatic carbocycles. The van der Waals surface area contributed by atoms with Crippen LogP contribution in [0.3, 0.4) is 0 Å². The first-order valence-corrected chi connectivity index (χ1v) is 6.90. The molecule has 2 rings (SSSR count). The zero-order valence-electron chi connectivity index (χ0n) is 11.5. The van der Waals surface area contributed by atoms with Crippen molar-refractivity contribution in [1.82, 2.24) is 0 Å². The first-order valence-electron chi connectivity index (χ1n) is 5.67. The maximum absolute atomic E-state index is 3.37. The van der Waals surface area contributed by atoms with Crippen LogP contribution in [0.1, 0.15) is 40.5 Å². The smallest absolute Gasteiger partial charge is 0.147 e. The summed E-state index contributed by atoms with van der Waals surface area (Å²) in [5.41, 5.74) is 5.75. The van der Waals surface area contributed by atoms with Crippen molar-refractivity contribution in [2.75, 3.05) is 0 Å². The van der Waals surface area contributed by atoms with Crippen LogP contribution in [0.15, 0.2) is 40.5 Å². The minimum atomic E-state index is 0. The molecule has 0 spiro atoms. The SMILES string of the molecule is CC1=[C-]CC(C2=CC=CC2)=C1C.C[C](C)=[Zr].Cl.Cl. The summed E-state index contributed by atoms with van der Waals surface area (Å²) >= 11 is 1.55. The second kappa shape index (κ2) is 10.1. The minimum absolute atomic E-state index is 0. The van der Waals surface area contributed by atoms with E-state index in [0.29, 0.717) is 0 Å². The largest absolute Gasteiger partial charge is 0.147 e. The van der Waals surface area contributed by atoms with Crippen LogP contribution in [0.4, 0.5) is 0 Å². The van der Waals surface area contributed by atoms with E-state index in [1.807, 2.05) is 0 Å². The fraction of sp³-hybridized carbons (Fsp3) is 0.400. The molecule has 0 amide bonds. The molecule has 0 atom stereocenters. The third-order valence-electron chi connectivity index (χ3n) is 2.70. The fourth-order valence-corrected chi connectivity index (χ4v) is 1.74. The molecule has 0 aromatic heterocycles. The molecule has 0 saturated carbocycles.